The highest BCUT2D eigenvalue weighted by Crippen LogP contribution is 2.25. The lowest BCUT2D eigenvalue weighted by atomic mass is 10.1. The maximum atomic E-state index is 9.57. The molecule has 4 nitrogen and oxygen atoms in total. The molecule has 1 unspecified atom stereocenters. The molecule has 0 spiro atoms. The van der Waals surface area contributed by atoms with Gasteiger partial charge in [-0.3, -0.25) is 9.80 Å². The fourth-order valence-corrected chi connectivity index (χ4v) is 3.94. The standard InChI is InChI=1S/C22H29ClN2O2/c1-2-27-22-10-6-4-8-19(22)16-25-13-12-24(17-20(25)11-14-26)15-18-7-3-5-9-21(18)23/h3-10,20,26H,2,11-17H2,1H3. The second-order valence-electron chi connectivity index (χ2n) is 7.00. The summed E-state index contributed by atoms with van der Waals surface area (Å²) in [6, 6.07) is 16.6. The number of aliphatic hydroxyl groups is 1. The minimum atomic E-state index is 0.203. The van der Waals surface area contributed by atoms with Gasteiger partial charge in [0.1, 0.15) is 5.75 Å². The van der Waals surface area contributed by atoms with Crippen LogP contribution in [0.4, 0.5) is 0 Å². The number of aliphatic hydroxyl groups excluding tert-OH is 1. The van der Waals surface area contributed by atoms with Gasteiger partial charge in [-0.25, -0.2) is 0 Å². The molecular weight excluding hydrogens is 360 g/mol. The van der Waals surface area contributed by atoms with Gasteiger partial charge in [-0.05, 0) is 31.0 Å². The Morgan fingerprint density at radius 1 is 1.04 bits per heavy atom. The van der Waals surface area contributed by atoms with Crippen molar-refractivity contribution in [2.24, 2.45) is 0 Å². The zero-order valence-corrected chi connectivity index (χ0v) is 16.7. The minimum absolute atomic E-state index is 0.203. The van der Waals surface area contributed by atoms with Gasteiger partial charge in [0.25, 0.3) is 0 Å². The molecule has 2 aromatic carbocycles. The van der Waals surface area contributed by atoms with Gasteiger partial charge in [0.2, 0.25) is 0 Å². The van der Waals surface area contributed by atoms with Crippen LogP contribution in [0, 0.1) is 0 Å². The number of halogens is 1. The van der Waals surface area contributed by atoms with E-state index in [1.165, 1.54) is 5.56 Å². The molecular formula is C22H29ClN2O2. The SMILES string of the molecule is CCOc1ccccc1CN1CCN(Cc2ccccc2Cl)CC1CCO. The van der Waals surface area contributed by atoms with E-state index in [0.717, 1.165) is 55.5 Å². The Balaban J connectivity index is 1.67. The molecule has 0 bridgehead atoms. The van der Waals surface area contributed by atoms with Gasteiger partial charge in [0, 0.05) is 56.0 Å². The summed E-state index contributed by atoms with van der Waals surface area (Å²) in [5, 5.41) is 10.4. The van der Waals surface area contributed by atoms with Crippen LogP contribution >= 0.6 is 11.6 Å². The van der Waals surface area contributed by atoms with Crippen LogP contribution in [0.5, 0.6) is 5.75 Å². The first-order valence-corrected chi connectivity index (χ1v) is 10.1. The van der Waals surface area contributed by atoms with Crippen molar-refractivity contribution < 1.29 is 9.84 Å². The Labute approximate surface area is 167 Å². The van der Waals surface area contributed by atoms with E-state index in [1.54, 1.807) is 0 Å². The average Bonchev–Trinajstić information content (AvgIpc) is 2.67. The molecule has 1 N–H and O–H groups in total. The van der Waals surface area contributed by atoms with Crippen molar-refractivity contribution in [3.63, 3.8) is 0 Å². The van der Waals surface area contributed by atoms with E-state index >= 15 is 0 Å². The molecule has 5 heteroatoms. The molecule has 27 heavy (non-hydrogen) atoms. The molecule has 1 atom stereocenters. The lowest BCUT2D eigenvalue weighted by Crippen LogP contribution is -2.52. The maximum Gasteiger partial charge on any atom is 0.123 e. The first-order valence-electron chi connectivity index (χ1n) is 9.72. The van der Waals surface area contributed by atoms with Crippen molar-refractivity contribution in [1.82, 2.24) is 9.80 Å². The third-order valence-corrected chi connectivity index (χ3v) is 5.52. The molecule has 146 valence electrons. The molecule has 2 aromatic rings. The summed E-state index contributed by atoms with van der Waals surface area (Å²) in [7, 11) is 0. The number of hydrogen-bond donors (Lipinski definition) is 1. The second kappa shape index (κ2) is 10.1. The van der Waals surface area contributed by atoms with E-state index in [2.05, 4.69) is 28.0 Å². The quantitative estimate of drug-likeness (QED) is 0.746. The molecule has 0 radical (unpaired) electrons. The van der Waals surface area contributed by atoms with Crippen LogP contribution in [0.25, 0.3) is 0 Å². The fourth-order valence-electron chi connectivity index (χ4n) is 3.75. The zero-order chi connectivity index (χ0) is 19.1. The number of benzene rings is 2. The number of nitrogens with zero attached hydrogens (tertiary/aromatic N) is 2. The van der Waals surface area contributed by atoms with Gasteiger partial charge in [-0.1, -0.05) is 48.0 Å². The van der Waals surface area contributed by atoms with Crippen molar-refractivity contribution in [3.8, 4) is 5.75 Å². The lowest BCUT2D eigenvalue weighted by molar-refractivity contribution is 0.0494. The Kier molecular flexibility index (Phi) is 7.53. The van der Waals surface area contributed by atoms with Gasteiger partial charge >= 0.3 is 0 Å². The van der Waals surface area contributed by atoms with Crippen molar-refractivity contribution in [1.29, 1.82) is 0 Å². The first-order chi connectivity index (χ1) is 13.2. The fraction of sp³-hybridized carbons (Fsp3) is 0.455. The number of piperazine rings is 1. The van der Waals surface area contributed by atoms with Crippen molar-refractivity contribution >= 4 is 11.6 Å². The largest absolute Gasteiger partial charge is 0.494 e. The van der Waals surface area contributed by atoms with Crippen LogP contribution < -0.4 is 4.74 Å². The van der Waals surface area contributed by atoms with E-state index in [-0.39, 0.29) is 6.61 Å². The van der Waals surface area contributed by atoms with Gasteiger partial charge in [0.05, 0.1) is 6.61 Å². The topological polar surface area (TPSA) is 35.9 Å². The van der Waals surface area contributed by atoms with E-state index in [0.29, 0.717) is 12.6 Å². The smallest absolute Gasteiger partial charge is 0.123 e. The Bertz CT molecular complexity index is 725. The second-order valence-corrected chi connectivity index (χ2v) is 7.41. The van der Waals surface area contributed by atoms with Crippen LogP contribution in [0.15, 0.2) is 48.5 Å². The van der Waals surface area contributed by atoms with E-state index in [4.69, 9.17) is 16.3 Å². The predicted octanol–water partition coefficient (Wildman–Crippen LogP) is 3.81. The number of hydrogen-bond acceptors (Lipinski definition) is 4. The first kappa shape index (κ1) is 20.2. The van der Waals surface area contributed by atoms with E-state index in [9.17, 15) is 5.11 Å². The normalized spacial score (nSPS) is 18.6. The summed E-state index contributed by atoms with van der Waals surface area (Å²) in [6.45, 7) is 7.48. The van der Waals surface area contributed by atoms with Crippen LogP contribution in [0.1, 0.15) is 24.5 Å². The molecule has 1 fully saturated rings. The molecule has 1 heterocycles. The van der Waals surface area contributed by atoms with E-state index < -0.39 is 0 Å². The van der Waals surface area contributed by atoms with Crippen molar-refractivity contribution in [3.05, 3.63) is 64.7 Å². The molecule has 1 aliphatic rings. The Morgan fingerprint density at radius 2 is 1.78 bits per heavy atom. The number of ether oxygens (including phenoxy) is 1. The van der Waals surface area contributed by atoms with Crippen LogP contribution in [-0.4, -0.2) is 53.8 Å². The molecule has 0 amide bonds. The van der Waals surface area contributed by atoms with Crippen molar-refractivity contribution in [2.45, 2.75) is 32.5 Å². The predicted molar refractivity (Wildman–Crippen MR) is 110 cm³/mol. The third kappa shape index (κ3) is 5.45. The summed E-state index contributed by atoms with van der Waals surface area (Å²) in [4.78, 5) is 4.91. The Hall–Kier alpha value is -1.59. The van der Waals surface area contributed by atoms with E-state index in [1.807, 2.05) is 37.3 Å². The van der Waals surface area contributed by atoms with Gasteiger partial charge in [0.15, 0.2) is 0 Å². The van der Waals surface area contributed by atoms with Gasteiger partial charge in [-0.15, -0.1) is 0 Å². The highest BCUT2D eigenvalue weighted by Gasteiger charge is 2.27. The molecule has 3 rings (SSSR count). The zero-order valence-electron chi connectivity index (χ0n) is 16.0. The third-order valence-electron chi connectivity index (χ3n) is 5.15. The minimum Gasteiger partial charge on any atom is -0.494 e. The Morgan fingerprint density at radius 3 is 2.52 bits per heavy atom. The summed E-state index contributed by atoms with van der Waals surface area (Å²) in [5.74, 6) is 0.959. The number of para-hydroxylation sites is 1. The molecule has 0 saturated carbocycles. The molecule has 0 aliphatic carbocycles. The highest BCUT2D eigenvalue weighted by atomic mass is 35.5. The van der Waals surface area contributed by atoms with Gasteiger partial charge in [-0.2, -0.15) is 0 Å². The van der Waals surface area contributed by atoms with Crippen LogP contribution in [-0.2, 0) is 13.1 Å². The average molecular weight is 389 g/mol. The van der Waals surface area contributed by atoms with Crippen LogP contribution in [0.3, 0.4) is 0 Å². The number of rotatable bonds is 8. The summed E-state index contributed by atoms with van der Waals surface area (Å²) in [6.07, 6.45) is 0.774. The summed E-state index contributed by atoms with van der Waals surface area (Å²) >= 11 is 6.33. The summed E-state index contributed by atoms with van der Waals surface area (Å²) < 4.78 is 5.79. The lowest BCUT2D eigenvalue weighted by Gasteiger charge is -2.41. The monoisotopic (exact) mass is 388 g/mol. The highest BCUT2D eigenvalue weighted by molar-refractivity contribution is 6.31. The summed E-state index contributed by atoms with van der Waals surface area (Å²) in [5.41, 5.74) is 2.37. The molecule has 1 aliphatic heterocycles. The molecule has 1 saturated heterocycles. The maximum absolute atomic E-state index is 9.57. The van der Waals surface area contributed by atoms with Crippen molar-refractivity contribution in [2.75, 3.05) is 32.8 Å². The van der Waals surface area contributed by atoms with Crippen LogP contribution in [0.2, 0.25) is 5.02 Å². The molecule has 0 aromatic heterocycles. The van der Waals surface area contributed by atoms with Gasteiger partial charge < -0.3 is 9.84 Å².